The lowest BCUT2D eigenvalue weighted by Crippen LogP contribution is -2.31. The van der Waals surface area contributed by atoms with E-state index in [4.69, 9.17) is 16.4 Å². The van der Waals surface area contributed by atoms with Crippen LogP contribution in [-0.2, 0) is 4.84 Å². The van der Waals surface area contributed by atoms with Gasteiger partial charge in [0.25, 0.3) is 5.56 Å². The Kier molecular flexibility index (Phi) is 6.62. The first-order chi connectivity index (χ1) is 15.4. The fourth-order valence-corrected chi connectivity index (χ4v) is 3.87. The van der Waals surface area contributed by atoms with Crippen LogP contribution in [0.1, 0.15) is 29.5 Å². The van der Waals surface area contributed by atoms with Crippen LogP contribution in [-0.4, -0.2) is 34.5 Å². The van der Waals surface area contributed by atoms with Crippen molar-refractivity contribution in [3.63, 3.8) is 0 Å². The van der Waals surface area contributed by atoms with Crippen molar-refractivity contribution in [3.05, 3.63) is 92.6 Å². The molecule has 0 amide bonds. The predicted molar refractivity (Wildman–Crippen MR) is 119 cm³/mol. The summed E-state index contributed by atoms with van der Waals surface area (Å²) in [5.41, 5.74) is 1.42. The lowest BCUT2D eigenvalue weighted by atomic mass is 10.0. The van der Waals surface area contributed by atoms with Crippen molar-refractivity contribution in [1.29, 1.82) is 0 Å². The third kappa shape index (κ3) is 4.71. The molecule has 9 heteroatoms. The molecule has 32 heavy (non-hydrogen) atoms. The van der Waals surface area contributed by atoms with Gasteiger partial charge in [-0.25, -0.2) is 13.8 Å². The smallest absolute Gasteiger partial charge is 0.255 e. The summed E-state index contributed by atoms with van der Waals surface area (Å²) in [6.45, 7) is 3.39. The van der Waals surface area contributed by atoms with Crippen LogP contribution in [0.2, 0.25) is 5.15 Å². The van der Waals surface area contributed by atoms with Gasteiger partial charge >= 0.3 is 0 Å². The molecule has 0 saturated carbocycles. The summed E-state index contributed by atoms with van der Waals surface area (Å²) in [5, 5.41) is 7.64. The van der Waals surface area contributed by atoms with Gasteiger partial charge in [-0.05, 0) is 62.7 Å². The molecule has 1 N–H and O–H groups in total. The fourth-order valence-electron chi connectivity index (χ4n) is 3.58. The normalized spacial score (nSPS) is 15.1. The summed E-state index contributed by atoms with van der Waals surface area (Å²) in [6.07, 6.45) is 4.44. The second-order valence-electron chi connectivity index (χ2n) is 7.51. The van der Waals surface area contributed by atoms with Gasteiger partial charge in [0.2, 0.25) is 0 Å². The van der Waals surface area contributed by atoms with Gasteiger partial charge in [0.15, 0.2) is 5.15 Å². The summed E-state index contributed by atoms with van der Waals surface area (Å²) >= 11 is 6.26. The second kappa shape index (κ2) is 9.58. The lowest BCUT2D eigenvalue weighted by molar-refractivity contribution is 0.0378. The Morgan fingerprint density at radius 3 is 2.72 bits per heavy atom. The van der Waals surface area contributed by atoms with E-state index in [1.165, 1.54) is 29.0 Å². The van der Waals surface area contributed by atoms with Gasteiger partial charge in [0.05, 0.1) is 5.69 Å². The zero-order valence-electron chi connectivity index (χ0n) is 17.3. The molecule has 1 aliphatic heterocycles. The molecule has 0 radical (unpaired) electrons. The van der Waals surface area contributed by atoms with E-state index in [9.17, 15) is 13.6 Å². The number of hydrogen-bond acceptors (Lipinski definition) is 5. The molecule has 3 heterocycles. The number of halogens is 3. The zero-order valence-corrected chi connectivity index (χ0v) is 18.1. The second-order valence-corrected chi connectivity index (χ2v) is 7.87. The number of rotatable bonds is 5. The highest BCUT2D eigenvalue weighted by Gasteiger charge is 2.19. The van der Waals surface area contributed by atoms with E-state index in [1.807, 2.05) is 0 Å². The van der Waals surface area contributed by atoms with Gasteiger partial charge in [-0.3, -0.25) is 9.36 Å². The first-order valence-electron chi connectivity index (χ1n) is 10.2. The molecular weight excluding hydrogens is 438 g/mol. The van der Waals surface area contributed by atoms with Gasteiger partial charge in [-0.2, -0.15) is 0 Å². The Balaban J connectivity index is 1.83. The molecule has 166 valence electrons. The van der Waals surface area contributed by atoms with Crippen molar-refractivity contribution in [2.45, 2.75) is 25.9 Å². The number of aromatic nitrogens is 2. The zero-order chi connectivity index (χ0) is 22.7. The maximum atomic E-state index is 14.7. The highest BCUT2D eigenvalue weighted by molar-refractivity contribution is 6.31. The SMILES string of the molecule is Cc1ccnc(Cl)c1-n1cc(/C(=N/OC2CCNCC2)c2ccc(F)cc2F)ccc1=O. The quantitative estimate of drug-likeness (QED) is 0.356. The molecule has 0 bridgehead atoms. The maximum Gasteiger partial charge on any atom is 0.255 e. The average Bonchev–Trinajstić information content (AvgIpc) is 2.77. The van der Waals surface area contributed by atoms with Crippen LogP contribution in [0.3, 0.4) is 0 Å². The topological polar surface area (TPSA) is 68.5 Å². The maximum absolute atomic E-state index is 14.7. The first kappa shape index (κ1) is 22.1. The molecule has 1 fully saturated rings. The number of aryl methyl sites for hydroxylation is 1. The minimum Gasteiger partial charge on any atom is -0.392 e. The third-order valence-electron chi connectivity index (χ3n) is 5.27. The van der Waals surface area contributed by atoms with Crippen LogP contribution >= 0.6 is 11.6 Å². The van der Waals surface area contributed by atoms with Crippen molar-refractivity contribution in [3.8, 4) is 5.69 Å². The summed E-state index contributed by atoms with van der Waals surface area (Å²) in [7, 11) is 0. The molecule has 1 aromatic carbocycles. The van der Waals surface area contributed by atoms with E-state index in [0.29, 0.717) is 11.3 Å². The number of nitrogens with zero attached hydrogens (tertiary/aromatic N) is 3. The van der Waals surface area contributed by atoms with Crippen molar-refractivity contribution in [2.24, 2.45) is 5.16 Å². The number of hydrogen-bond donors (Lipinski definition) is 1. The van der Waals surface area contributed by atoms with E-state index in [0.717, 1.165) is 43.6 Å². The number of benzene rings is 1. The Hall–Kier alpha value is -3.10. The standard InChI is InChI=1S/C23H21ClF2N4O2/c1-14-6-11-28-23(24)22(14)30-13-15(2-5-20(30)31)21(18-4-3-16(25)12-19(18)26)29-32-17-7-9-27-10-8-17/h2-6,11-13,17,27H,7-10H2,1H3/b29-21-. The van der Waals surface area contributed by atoms with Crippen molar-refractivity contribution >= 4 is 17.3 Å². The lowest BCUT2D eigenvalue weighted by Gasteiger charge is -2.21. The number of pyridine rings is 2. The minimum absolute atomic E-state index is 0.0551. The first-order valence-corrected chi connectivity index (χ1v) is 10.6. The van der Waals surface area contributed by atoms with Crippen LogP contribution in [0, 0.1) is 18.6 Å². The van der Waals surface area contributed by atoms with E-state index in [1.54, 1.807) is 19.2 Å². The van der Waals surface area contributed by atoms with Gasteiger partial charge in [0, 0.05) is 35.7 Å². The molecule has 4 rings (SSSR count). The summed E-state index contributed by atoms with van der Waals surface area (Å²) in [4.78, 5) is 22.4. The van der Waals surface area contributed by atoms with Crippen molar-refractivity contribution < 1.29 is 13.6 Å². The molecule has 0 unspecified atom stereocenters. The van der Waals surface area contributed by atoms with Gasteiger partial charge in [-0.1, -0.05) is 16.8 Å². The van der Waals surface area contributed by atoms with Gasteiger partial charge in [0.1, 0.15) is 23.5 Å². The molecular formula is C23H21ClF2N4O2. The number of piperidine rings is 1. The average molecular weight is 459 g/mol. The molecule has 1 aliphatic rings. The molecule has 0 spiro atoms. The molecule has 1 saturated heterocycles. The summed E-state index contributed by atoms with van der Waals surface area (Å²) in [6, 6.07) is 7.82. The monoisotopic (exact) mass is 458 g/mol. The van der Waals surface area contributed by atoms with Crippen LogP contribution in [0.15, 0.2) is 58.7 Å². The van der Waals surface area contributed by atoms with Gasteiger partial charge in [-0.15, -0.1) is 0 Å². The van der Waals surface area contributed by atoms with Crippen LogP contribution in [0.5, 0.6) is 0 Å². The molecule has 2 aromatic heterocycles. The molecule has 0 aliphatic carbocycles. The predicted octanol–water partition coefficient (Wildman–Crippen LogP) is 3.99. The van der Waals surface area contributed by atoms with Crippen LogP contribution in [0.4, 0.5) is 8.78 Å². The Morgan fingerprint density at radius 2 is 2.00 bits per heavy atom. The fraction of sp³-hybridized carbons (Fsp3) is 0.261. The van der Waals surface area contributed by atoms with E-state index < -0.39 is 11.6 Å². The largest absolute Gasteiger partial charge is 0.392 e. The summed E-state index contributed by atoms with van der Waals surface area (Å²) < 4.78 is 29.6. The Bertz CT molecular complexity index is 1200. The van der Waals surface area contributed by atoms with Crippen LogP contribution < -0.4 is 10.9 Å². The highest BCUT2D eigenvalue weighted by Crippen LogP contribution is 2.22. The van der Waals surface area contributed by atoms with Crippen LogP contribution in [0.25, 0.3) is 5.69 Å². The number of oxime groups is 1. The molecule has 3 aromatic rings. The Morgan fingerprint density at radius 1 is 1.22 bits per heavy atom. The molecule has 6 nitrogen and oxygen atoms in total. The Labute approximate surface area is 188 Å². The molecule has 0 atom stereocenters. The minimum atomic E-state index is -0.786. The van der Waals surface area contributed by atoms with Gasteiger partial charge < -0.3 is 10.2 Å². The van der Waals surface area contributed by atoms with E-state index in [-0.39, 0.29) is 28.1 Å². The van der Waals surface area contributed by atoms with Crippen molar-refractivity contribution in [2.75, 3.05) is 13.1 Å². The number of nitrogens with one attached hydrogen (secondary N) is 1. The van der Waals surface area contributed by atoms with E-state index in [2.05, 4.69) is 15.5 Å². The third-order valence-corrected chi connectivity index (χ3v) is 5.55. The summed E-state index contributed by atoms with van der Waals surface area (Å²) in [5.74, 6) is -1.49. The van der Waals surface area contributed by atoms with Crippen molar-refractivity contribution in [1.82, 2.24) is 14.9 Å². The highest BCUT2D eigenvalue weighted by atomic mass is 35.5. The van der Waals surface area contributed by atoms with E-state index >= 15 is 0 Å².